The Bertz CT molecular complexity index is 530. The molecule has 2 N–H and O–H groups in total. The zero-order valence-electron chi connectivity index (χ0n) is 9.82. The molecule has 0 spiro atoms. The van der Waals surface area contributed by atoms with Gasteiger partial charge in [0.1, 0.15) is 0 Å². The Kier molecular flexibility index (Phi) is 6.05. The predicted molar refractivity (Wildman–Crippen MR) is 75.4 cm³/mol. The molecule has 0 saturated heterocycles. The highest BCUT2D eigenvalue weighted by atomic mass is 35.5. The Labute approximate surface area is 120 Å². The topological polar surface area (TPSA) is 70.6 Å². The molecule has 0 aliphatic rings. The van der Waals surface area contributed by atoms with Crippen molar-refractivity contribution >= 4 is 41.2 Å². The third-order valence-electron chi connectivity index (χ3n) is 1.94. The van der Waals surface area contributed by atoms with Crippen LogP contribution in [0.4, 0.5) is 0 Å². The molecule has 100 valence electrons. The number of benzene rings is 1. The van der Waals surface area contributed by atoms with E-state index in [1.54, 1.807) is 18.2 Å². The molecule has 0 radical (unpaired) electrons. The van der Waals surface area contributed by atoms with Gasteiger partial charge in [-0.1, -0.05) is 35.3 Å². The van der Waals surface area contributed by atoms with E-state index in [4.69, 9.17) is 23.2 Å². The SMILES string of the molecule is C=CCNC(=O)C(=O)N/N=C\c1ccc(Cl)c(Cl)c1. The molecule has 0 aliphatic carbocycles. The van der Waals surface area contributed by atoms with Gasteiger partial charge in [-0.25, -0.2) is 5.43 Å². The van der Waals surface area contributed by atoms with E-state index in [0.29, 0.717) is 15.6 Å². The zero-order valence-corrected chi connectivity index (χ0v) is 11.3. The molecule has 19 heavy (non-hydrogen) atoms. The second kappa shape index (κ2) is 7.56. The molecule has 0 saturated carbocycles. The summed E-state index contributed by atoms with van der Waals surface area (Å²) in [5.41, 5.74) is 2.72. The number of carbonyl (C=O) groups excluding carboxylic acids is 2. The van der Waals surface area contributed by atoms with Crippen LogP contribution in [0.15, 0.2) is 36.0 Å². The first kappa shape index (κ1) is 15.2. The molecule has 0 fully saturated rings. The van der Waals surface area contributed by atoms with E-state index in [2.05, 4.69) is 22.4 Å². The molecule has 0 bridgehead atoms. The van der Waals surface area contributed by atoms with Crippen LogP contribution in [-0.2, 0) is 9.59 Å². The molecular weight excluding hydrogens is 289 g/mol. The number of nitrogens with zero attached hydrogens (tertiary/aromatic N) is 1. The summed E-state index contributed by atoms with van der Waals surface area (Å²) in [5, 5.41) is 6.74. The summed E-state index contributed by atoms with van der Waals surface area (Å²) in [4.78, 5) is 22.4. The summed E-state index contributed by atoms with van der Waals surface area (Å²) < 4.78 is 0. The fourth-order valence-electron chi connectivity index (χ4n) is 1.05. The maximum absolute atomic E-state index is 11.2. The Hall–Kier alpha value is -1.85. The van der Waals surface area contributed by atoms with Crippen molar-refractivity contribution in [3.05, 3.63) is 46.5 Å². The average Bonchev–Trinajstić information content (AvgIpc) is 2.39. The fourth-order valence-corrected chi connectivity index (χ4v) is 1.36. The molecule has 0 heterocycles. The van der Waals surface area contributed by atoms with Crippen LogP contribution in [-0.4, -0.2) is 24.6 Å². The van der Waals surface area contributed by atoms with Crippen molar-refractivity contribution in [2.45, 2.75) is 0 Å². The third kappa shape index (κ3) is 5.11. The lowest BCUT2D eigenvalue weighted by Gasteiger charge is -2.00. The van der Waals surface area contributed by atoms with Crippen LogP contribution in [0.25, 0.3) is 0 Å². The molecular formula is C12H11Cl2N3O2. The Morgan fingerprint density at radius 3 is 2.63 bits per heavy atom. The van der Waals surface area contributed by atoms with Gasteiger partial charge in [0.25, 0.3) is 0 Å². The average molecular weight is 300 g/mol. The lowest BCUT2D eigenvalue weighted by Crippen LogP contribution is -2.37. The third-order valence-corrected chi connectivity index (χ3v) is 2.68. The van der Waals surface area contributed by atoms with Crippen molar-refractivity contribution in [2.24, 2.45) is 5.10 Å². The minimum atomic E-state index is -0.863. The monoisotopic (exact) mass is 299 g/mol. The maximum atomic E-state index is 11.2. The summed E-state index contributed by atoms with van der Waals surface area (Å²) in [6.45, 7) is 3.62. The normalized spacial score (nSPS) is 10.2. The molecule has 0 atom stereocenters. The second-order valence-corrected chi connectivity index (χ2v) is 4.19. The summed E-state index contributed by atoms with van der Waals surface area (Å²) in [7, 11) is 0. The van der Waals surface area contributed by atoms with Gasteiger partial charge in [-0.3, -0.25) is 9.59 Å². The molecule has 0 aliphatic heterocycles. The van der Waals surface area contributed by atoms with Crippen molar-refractivity contribution in [2.75, 3.05) is 6.54 Å². The van der Waals surface area contributed by atoms with E-state index in [0.717, 1.165) is 0 Å². The number of halogens is 2. The van der Waals surface area contributed by atoms with Gasteiger partial charge < -0.3 is 5.32 Å². The first-order valence-corrected chi connectivity index (χ1v) is 5.97. The zero-order chi connectivity index (χ0) is 14.3. The quantitative estimate of drug-likeness (QED) is 0.385. The highest BCUT2D eigenvalue weighted by molar-refractivity contribution is 6.42. The van der Waals surface area contributed by atoms with Crippen LogP contribution in [0.5, 0.6) is 0 Å². The number of hydrazone groups is 1. The number of hydrogen-bond acceptors (Lipinski definition) is 3. The number of amides is 2. The minimum absolute atomic E-state index is 0.211. The molecule has 1 aromatic carbocycles. The van der Waals surface area contributed by atoms with E-state index in [1.165, 1.54) is 12.3 Å². The predicted octanol–water partition coefficient (Wildman–Crippen LogP) is 1.75. The molecule has 0 unspecified atom stereocenters. The van der Waals surface area contributed by atoms with E-state index in [-0.39, 0.29) is 6.54 Å². The summed E-state index contributed by atoms with van der Waals surface area (Å²) in [5.74, 6) is -1.65. The van der Waals surface area contributed by atoms with Gasteiger partial charge in [0.05, 0.1) is 16.3 Å². The van der Waals surface area contributed by atoms with Gasteiger partial charge in [0.15, 0.2) is 0 Å². The number of rotatable bonds is 4. The summed E-state index contributed by atoms with van der Waals surface area (Å²) in [6.07, 6.45) is 2.81. The number of nitrogens with one attached hydrogen (secondary N) is 2. The highest BCUT2D eigenvalue weighted by Gasteiger charge is 2.10. The molecule has 1 aromatic rings. The van der Waals surface area contributed by atoms with Crippen molar-refractivity contribution in [1.82, 2.24) is 10.7 Å². The van der Waals surface area contributed by atoms with Gasteiger partial charge in [0.2, 0.25) is 0 Å². The van der Waals surface area contributed by atoms with E-state index in [9.17, 15) is 9.59 Å². The summed E-state index contributed by atoms with van der Waals surface area (Å²) in [6, 6.07) is 4.85. The van der Waals surface area contributed by atoms with E-state index < -0.39 is 11.8 Å². The highest BCUT2D eigenvalue weighted by Crippen LogP contribution is 2.21. The van der Waals surface area contributed by atoms with Crippen LogP contribution in [0, 0.1) is 0 Å². The van der Waals surface area contributed by atoms with Crippen LogP contribution in [0.2, 0.25) is 10.0 Å². The lowest BCUT2D eigenvalue weighted by molar-refractivity contribution is -0.139. The lowest BCUT2D eigenvalue weighted by atomic mass is 10.2. The van der Waals surface area contributed by atoms with Crippen molar-refractivity contribution in [3.63, 3.8) is 0 Å². The van der Waals surface area contributed by atoms with Crippen LogP contribution in [0.1, 0.15) is 5.56 Å². The van der Waals surface area contributed by atoms with Crippen LogP contribution in [0.3, 0.4) is 0 Å². The Morgan fingerprint density at radius 1 is 1.26 bits per heavy atom. The Balaban J connectivity index is 2.53. The number of carbonyl (C=O) groups is 2. The van der Waals surface area contributed by atoms with Gasteiger partial charge in [-0.05, 0) is 17.7 Å². The van der Waals surface area contributed by atoms with Crippen molar-refractivity contribution in [1.29, 1.82) is 0 Å². The smallest absolute Gasteiger partial charge is 0.329 e. The Morgan fingerprint density at radius 2 is 2.00 bits per heavy atom. The summed E-state index contributed by atoms with van der Waals surface area (Å²) >= 11 is 11.6. The van der Waals surface area contributed by atoms with Gasteiger partial charge in [-0.2, -0.15) is 5.10 Å². The molecule has 1 rings (SSSR count). The van der Waals surface area contributed by atoms with Crippen molar-refractivity contribution in [3.8, 4) is 0 Å². The first-order valence-electron chi connectivity index (χ1n) is 5.21. The standard InChI is InChI=1S/C12H11Cl2N3O2/c1-2-5-15-11(18)12(19)17-16-7-8-3-4-9(13)10(14)6-8/h2-4,6-7H,1,5H2,(H,15,18)(H,17,19)/b16-7-. The largest absolute Gasteiger partial charge is 0.344 e. The van der Waals surface area contributed by atoms with Gasteiger partial charge in [0, 0.05) is 6.54 Å². The van der Waals surface area contributed by atoms with Crippen LogP contribution >= 0.6 is 23.2 Å². The van der Waals surface area contributed by atoms with E-state index in [1.807, 2.05) is 0 Å². The van der Waals surface area contributed by atoms with Crippen LogP contribution < -0.4 is 10.7 Å². The van der Waals surface area contributed by atoms with Crippen molar-refractivity contribution < 1.29 is 9.59 Å². The fraction of sp³-hybridized carbons (Fsp3) is 0.0833. The number of hydrogen-bond donors (Lipinski definition) is 2. The maximum Gasteiger partial charge on any atom is 0.329 e. The van der Waals surface area contributed by atoms with E-state index >= 15 is 0 Å². The molecule has 0 aromatic heterocycles. The molecule has 2 amide bonds. The first-order chi connectivity index (χ1) is 9.04. The van der Waals surface area contributed by atoms with Gasteiger partial charge in [-0.15, -0.1) is 6.58 Å². The molecule has 5 nitrogen and oxygen atoms in total. The second-order valence-electron chi connectivity index (χ2n) is 3.37. The molecule has 7 heteroatoms. The van der Waals surface area contributed by atoms with Gasteiger partial charge >= 0.3 is 11.8 Å². The minimum Gasteiger partial charge on any atom is -0.344 e.